The molecular weight excluding hydrogens is 400 g/mol. The van der Waals surface area contributed by atoms with Gasteiger partial charge in [0.25, 0.3) is 11.6 Å². The Labute approximate surface area is 170 Å². The van der Waals surface area contributed by atoms with Crippen molar-refractivity contribution in [1.82, 2.24) is 9.78 Å². The van der Waals surface area contributed by atoms with Gasteiger partial charge in [0.05, 0.1) is 23.4 Å². The maximum atomic E-state index is 12.8. The summed E-state index contributed by atoms with van der Waals surface area (Å²) in [6.45, 7) is 1.77. The number of esters is 1. The lowest BCUT2D eigenvalue weighted by Gasteiger charge is -2.11. The summed E-state index contributed by atoms with van der Waals surface area (Å²) in [6.07, 6.45) is 1.26. The van der Waals surface area contributed by atoms with E-state index in [1.165, 1.54) is 23.0 Å². The van der Waals surface area contributed by atoms with E-state index in [0.717, 1.165) is 6.07 Å². The van der Waals surface area contributed by atoms with Gasteiger partial charge < -0.3 is 10.1 Å². The summed E-state index contributed by atoms with van der Waals surface area (Å²) in [5, 5.41) is 18.1. The minimum absolute atomic E-state index is 0.00809. The fourth-order valence-corrected chi connectivity index (χ4v) is 2.79. The molecule has 0 aliphatic carbocycles. The normalized spacial score (nSPS) is 10.4. The van der Waals surface area contributed by atoms with Gasteiger partial charge in [-0.2, -0.15) is 5.10 Å². The lowest BCUT2D eigenvalue weighted by Crippen LogP contribution is -2.19. The second-order valence-electron chi connectivity index (χ2n) is 5.75. The van der Waals surface area contributed by atoms with Crippen molar-refractivity contribution in [3.05, 3.63) is 81.0 Å². The molecule has 148 valence electrons. The van der Waals surface area contributed by atoms with Crippen LogP contribution in [0.25, 0.3) is 5.69 Å². The van der Waals surface area contributed by atoms with Gasteiger partial charge in [-0.25, -0.2) is 9.48 Å². The van der Waals surface area contributed by atoms with Crippen molar-refractivity contribution in [2.45, 2.75) is 6.92 Å². The molecule has 29 heavy (non-hydrogen) atoms. The summed E-state index contributed by atoms with van der Waals surface area (Å²) in [5.41, 5.74) is -0.0961. The molecule has 3 aromatic rings. The minimum Gasteiger partial charge on any atom is -0.462 e. The molecule has 10 heteroatoms. The average Bonchev–Trinajstić information content (AvgIpc) is 3.12. The quantitative estimate of drug-likeness (QED) is 0.372. The van der Waals surface area contributed by atoms with Crippen LogP contribution in [0.4, 0.5) is 11.5 Å². The van der Waals surface area contributed by atoms with Gasteiger partial charge in [-0.15, -0.1) is 0 Å². The van der Waals surface area contributed by atoms with E-state index in [0.29, 0.717) is 5.69 Å². The summed E-state index contributed by atoms with van der Waals surface area (Å²) < 4.78 is 6.35. The van der Waals surface area contributed by atoms with Crippen LogP contribution < -0.4 is 5.32 Å². The highest BCUT2D eigenvalue weighted by atomic mass is 35.5. The van der Waals surface area contributed by atoms with Gasteiger partial charge >= 0.3 is 5.97 Å². The van der Waals surface area contributed by atoms with Gasteiger partial charge in [0, 0.05) is 11.1 Å². The first-order valence-electron chi connectivity index (χ1n) is 8.48. The van der Waals surface area contributed by atoms with Gasteiger partial charge in [-0.05, 0) is 31.2 Å². The molecule has 0 aliphatic heterocycles. The van der Waals surface area contributed by atoms with E-state index >= 15 is 0 Å². The second-order valence-corrected chi connectivity index (χ2v) is 6.18. The summed E-state index contributed by atoms with van der Waals surface area (Å²) in [4.78, 5) is 35.7. The third-order valence-electron chi connectivity index (χ3n) is 3.90. The zero-order valence-corrected chi connectivity index (χ0v) is 15.9. The number of benzene rings is 2. The molecule has 1 N–H and O–H groups in total. The molecule has 0 fully saturated rings. The Hall–Kier alpha value is -3.72. The third-order valence-corrected chi connectivity index (χ3v) is 4.13. The Bertz CT molecular complexity index is 1080. The van der Waals surface area contributed by atoms with Crippen LogP contribution in [0.15, 0.2) is 54.7 Å². The predicted octanol–water partition coefficient (Wildman–Crippen LogP) is 3.86. The highest BCUT2D eigenvalue weighted by molar-refractivity contribution is 6.31. The number of nitro groups is 1. The van der Waals surface area contributed by atoms with Crippen LogP contribution in [-0.4, -0.2) is 33.2 Å². The highest BCUT2D eigenvalue weighted by Crippen LogP contribution is 2.26. The summed E-state index contributed by atoms with van der Waals surface area (Å²) in [5.74, 6) is -1.48. The van der Waals surface area contributed by atoms with E-state index in [9.17, 15) is 19.7 Å². The number of nitrogens with one attached hydrogen (secondary N) is 1. The topological polar surface area (TPSA) is 116 Å². The number of ether oxygens (including phenoxy) is 1. The van der Waals surface area contributed by atoms with E-state index in [1.807, 2.05) is 0 Å². The fraction of sp³-hybridized carbons (Fsp3) is 0.105. The number of para-hydroxylation sites is 1. The molecule has 0 radical (unpaired) electrons. The highest BCUT2D eigenvalue weighted by Gasteiger charge is 2.26. The van der Waals surface area contributed by atoms with Crippen molar-refractivity contribution < 1.29 is 19.2 Å². The molecule has 0 unspecified atom stereocenters. The molecular formula is C19H15ClN4O5. The van der Waals surface area contributed by atoms with E-state index in [2.05, 4.69) is 10.4 Å². The maximum Gasteiger partial charge on any atom is 0.343 e. The summed E-state index contributed by atoms with van der Waals surface area (Å²) in [6, 6.07) is 12.4. The number of rotatable bonds is 6. The molecule has 0 spiro atoms. The maximum absolute atomic E-state index is 12.8. The van der Waals surface area contributed by atoms with Gasteiger partial charge in [-0.1, -0.05) is 29.8 Å². The smallest absolute Gasteiger partial charge is 0.343 e. The number of halogens is 1. The van der Waals surface area contributed by atoms with Crippen molar-refractivity contribution >= 4 is 35.0 Å². The first-order chi connectivity index (χ1) is 13.9. The Morgan fingerprint density at radius 2 is 1.93 bits per heavy atom. The van der Waals surface area contributed by atoms with Crippen LogP contribution in [0.1, 0.15) is 27.6 Å². The second kappa shape index (κ2) is 8.53. The first kappa shape index (κ1) is 20.0. The van der Waals surface area contributed by atoms with Crippen LogP contribution in [-0.2, 0) is 4.74 Å². The number of amides is 1. The molecule has 1 aromatic heterocycles. The number of nitrogens with zero attached hydrogens (tertiary/aromatic N) is 3. The molecule has 9 nitrogen and oxygen atoms in total. The Morgan fingerprint density at radius 3 is 2.59 bits per heavy atom. The van der Waals surface area contributed by atoms with Crippen LogP contribution in [0.5, 0.6) is 0 Å². The van der Waals surface area contributed by atoms with E-state index in [1.54, 1.807) is 37.3 Å². The number of aromatic nitrogens is 2. The van der Waals surface area contributed by atoms with Gasteiger partial charge in [0.2, 0.25) is 0 Å². The van der Waals surface area contributed by atoms with Gasteiger partial charge in [0.1, 0.15) is 11.1 Å². The number of hydrogen-bond acceptors (Lipinski definition) is 6. The number of nitro benzene ring substituents is 1. The number of hydrogen-bond donors (Lipinski definition) is 1. The summed E-state index contributed by atoms with van der Waals surface area (Å²) >= 11 is 5.90. The largest absolute Gasteiger partial charge is 0.462 e. The van der Waals surface area contributed by atoms with Crippen LogP contribution in [0, 0.1) is 10.1 Å². The summed E-state index contributed by atoms with van der Waals surface area (Å²) in [7, 11) is 0. The van der Waals surface area contributed by atoms with Crippen molar-refractivity contribution in [3.63, 3.8) is 0 Å². The van der Waals surface area contributed by atoms with Gasteiger partial charge in [0.15, 0.2) is 5.82 Å². The molecule has 0 saturated carbocycles. The first-order valence-corrected chi connectivity index (χ1v) is 8.86. The van der Waals surface area contributed by atoms with Crippen molar-refractivity contribution in [3.8, 4) is 5.69 Å². The number of anilines is 1. The Balaban J connectivity index is 2.07. The fourth-order valence-electron chi connectivity index (χ4n) is 2.62. The Morgan fingerprint density at radius 1 is 1.21 bits per heavy atom. The monoisotopic (exact) mass is 414 g/mol. The van der Waals surface area contributed by atoms with Gasteiger partial charge in [-0.3, -0.25) is 14.9 Å². The van der Waals surface area contributed by atoms with Crippen LogP contribution in [0.3, 0.4) is 0 Å². The minimum atomic E-state index is -0.817. The van der Waals surface area contributed by atoms with Crippen molar-refractivity contribution in [2.24, 2.45) is 0 Å². The number of carbonyl (C=O) groups excluding carboxylic acids is 2. The standard InChI is InChI=1S/C19H15ClN4O5/c1-2-29-19(26)15-11-21-23(13-6-4-3-5-7-13)17(15)22-18(25)14-10-12(20)8-9-16(14)24(27)28/h3-11H,2H2,1H3,(H,22,25). The molecule has 0 atom stereocenters. The lowest BCUT2D eigenvalue weighted by molar-refractivity contribution is -0.385. The molecule has 0 aliphatic rings. The average molecular weight is 415 g/mol. The van der Waals surface area contributed by atoms with Crippen molar-refractivity contribution in [1.29, 1.82) is 0 Å². The SMILES string of the molecule is CCOC(=O)c1cnn(-c2ccccc2)c1NC(=O)c1cc(Cl)ccc1[N+](=O)[O-]. The van der Waals surface area contributed by atoms with E-state index < -0.39 is 22.5 Å². The van der Waals surface area contributed by atoms with E-state index in [-0.39, 0.29) is 28.6 Å². The zero-order valence-electron chi connectivity index (χ0n) is 15.2. The lowest BCUT2D eigenvalue weighted by atomic mass is 10.1. The molecule has 0 saturated heterocycles. The van der Waals surface area contributed by atoms with Crippen LogP contribution >= 0.6 is 11.6 Å². The molecule has 1 amide bonds. The molecule has 0 bridgehead atoms. The van der Waals surface area contributed by atoms with Crippen LogP contribution in [0.2, 0.25) is 5.02 Å². The molecule has 3 rings (SSSR count). The van der Waals surface area contributed by atoms with Crippen molar-refractivity contribution in [2.75, 3.05) is 11.9 Å². The third kappa shape index (κ3) is 4.25. The zero-order chi connectivity index (χ0) is 21.0. The predicted molar refractivity (Wildman–Crippen MR) is 106 cm³/mol. The number of carbonyl (C=O) groups is 2. The Kier molecular flexibility index (Phi) is 5.89. The van der Waals surface area contributed by atoms with E-state index in [4.69, 9.17) is 16.3 Å². The molecule has 2 aromatic carbocycles. The molecule has 1 heterocycles.